The monoisotopic (exact) mass is 539 g/mol. The number of aliphatic carboxylic acids is 1. The van der Waals surface area contributed by atoms with Crippen molar-refractivity contribution in [2.24, 2.45) is 0 Å². The molecule has 1 fully saturated rings. The smallest absolute Gasteiger partial charge is 0.303 e. The Bertz CT molecular complexity index is 1140. The van der Waals surface area contributed by atoms with E-state index < -0.39 is 5.97 Å². The van der Waals surface area contributed by atoms with Gasteiger partial charge >= 0.3 is 5.97 Å². The second-order valence-electron chi connectivity index (χ2n) is 12.0. The number of carboxylic acid groups (broad SMARTS) is 1. The van der Waals surface area contributed by atoms with Crippen LogP contribution >= 0.6 is 0 Å². The van der Waals surface area contributed by atoms with Crippen LogP contribution in [0.5, 0.6) is 0 Å². The maximum atomic E-state index is 10.8. The number of pyridine rings is 1. The molecule has 1 heterocycles. The zero-order chi connectivity index (χ0) is 28.0. The molecule has 2 aromatic carbocycles. The lowest BCUT2D eigenvalue weighted by Crippen LogP contribution is -2.22. The van der Waals surface area contributed by atoms with E-state index in [0.717, 1.165) is 36.9 Å². The topological polar surface area (TPSA) is 50.2 Å². The van der Waals surface area contributed by atoms with Crippen molar-refractivity contribution in [1.82, 2.24) is 4.98 Å². The molecule has 0 saturated heterocycles. The highest BCUT2D eigenvalue weighted by atomic mass is 16.4. The van der Waals surface area contributed by atoms with Crippen LogP contribution in [0.25, 0.3) is 22.4 Å². The summed E-state index contributed by atoms with van der Waals surface area (Å²) in [5, 5.41) is 8.91. The first-order valence-electron chi connectivity index (χ1n) is 16.0. The molecule has 1 aliphatic carbocycles. The molecule has 3 aromatic rings. The standard InChI is InChI=1S/C37H49NO2/c1-2-3-4-5-6-7-9-14-30-16-25-35(38-29-30)33-19-17-31(18-20-33)32-21-23-34(24-22-32)37(27-12-13-28-37)26-11-8-10-15-36(39)40/h16-25,29H,2-15,26-28H2,1H3,(H,39,40). The first-order chi connectivity index (χ1) is 19.6. The summed E-state index contributed by atoms with van der Waals surface area (Å²) in [6, 6.07) is 22.5. The highest BCUT2D eigenvalue weighted by Gasteiger charge is 2.34. The summed E-state index contributed by atoms with van der Waals surface area (Å²) in [4.78, 5) is 15.6. The van der Waals surface area contributed by atoms with Gasteiger partial charge in [-0.15, -0.1) is 0 Å². The molecule has 40 heavy (non-hydrogen) atoms. The average molecular weight is 540 g/mol. The number of rotatable bonds is 17. The van der Waals surface area contributed by atoms with Gasteiger partial charge in [0.25, 0.3) is 0 Å². The Morgan fingerprint density at radius 2 is 1.32 bits per heavy atom. The Balaban J connectivity index is 1.30. The lowest BCUT2D eigenvalue weighted by molar-refractivity contribution is -0.137. The number of hydrogen-bond acceptors (Lipinski definition) is 2. The number of carbonyl (C=O) groups is 1. The van der Waals surface area contributed by atoms with Gasteiger partial charge in [0.1, 0.15) is 0 Å². The van der Waals surface area contributed by atoms with Crippen LogP contribution in [0.3, 0.4) is 0 Å². The van der Waals surface area contributed by atoms with Crippen molar-refractivity contribution in [3.8, 4) is 22.4 Å². The van der Waals surface area contributed by atoms with Crippen molar-refractivity contribution >= 4 is 5.97 Å². The average Bonchev–Trinajstić information content (AvgIpc) is 3.47. The van der Waals surface area contributed by atoms with Crippen LogP contribution in [-0.4, -0.2) is 16.1 Å². The van der Waals surface area contributed by atoms with Crippen molar-refractivity contribution in [1.29, 1.82) is 0 Å². The number of carboxylic acids is 1. The number of aryl methyl sites for hydroxylation is 1. The number of hydrogen-bond donors (Lipinski definition) is 1. The normalized spacial score (nSPS) is 14.4. The highest BCUT2D eigenvalue weighted by molar-refractivity contribution is 5.69. The predicted octanol–water partition coefficient (Wildman–Crippen LogP) is 10.6. The third kappa shape index (κ3) is 8.78. The maximum absolute atomic E-state index is 10.8. The van der Waals surface area contributed by atoms with Gasteiger partial charge in [-0.05, 0) is 72.3 Å². The van der Waals surface area contributed by atoms with E-state index in [2.05, 4.69) is 73.8 Å². The van der Waals surface area contributed by atoms with E-state index in [-0.39, 0.29) is 5.41 Å². The van der Waals surface area contributed by atoms with E-state index in [1.54, 1.807) is 0 Å². The predicted molar refractivity (Wildman–Crippen MR) is 168 cm³/mol. The van der Waals surface area contributed by atoms with E-state index in [1.807, 2.05) is 0 Å². The van der Waals surface area contributed by atoms with Crippen LogP contribution in [0.4, 0.5) is 0 Å². The van der Waals surface area contributed by atoms with E-state index in [9.17, 15) is 4.79 Å². The Labute approximate surface area is 242 Å². The first kappa shape index (κ1) is 30.0. The fraction of sp³-hybridized carbons (Fsp3) is 0.514. The molecule has 0 unspecified atom stereocenters. The van der Waals surface area contributed by atoms with Gasteiger partial charge in [-0.1, -0.05) is 126 Å². The Hall–Kier alpha value is -2.94. The molecule has 0 radical (unpaired) electrons. The molecule has 3 heteroatoms. The molecule has 214 valence electrons. The molecule has 4 rings (SSSR count). The largest absolute Gasteiger partial charge is 0.481 e. The fourth-order valence-corrected chi connectivity index (χ4v) is 6.53. The van der Waals surface area contributed by atoms with Crippen molar-refractivity contribution in [2.45, 2.75) is 121 Å². The van der Waals surface area contributed by atoms with E-state index >= 15 is 0 Å². The fourth-order valence-electron chi connectivity index (χ4n) is 6.53. The van der Waals surface area contributed by atoms with Crippen LogP contribution in [-0.2, 0) is 16.6 Å². The van der Waals surface area contributed by atoms with Gasteiger partial charge in [-0.25, -0.2) is 0 Å². The van der Waals surface area contributed by atoms with Crippen LogP contribution < -0.4 is 0 Å². The molecule has 0 bridgehead atoms. The van der Waals surface area contributed by atoms with Crippen LogP contribution in [0.15, 0.2) is 66.9 Å². The number of nitrogens with zero attached hydrogens (tertiary/aromatic N) is 1. The van der Waals surface area contributed by atoms with E-state index in [0.29, 0.717) is 6.42 Å². The lowest BCUT2D eigenvalue weighted by Gasteiger charge is -2.30. The number of unbranched alkanes of at least 4 members (excludes halogenated alkanes) is 8. The zero-order valence-electron chi connectivity index (χ0n) is 24.7. The van der Waals surface area contributed by atoms with Gasteiger partial charge in [-0.3, -0.25) is 9.78 Å². The van der Waals surface area contributed by atoms with Crippen molar-refractivity contribution in [2.75, 3.05) is 0 Å². The quantitative estimate of drug-likeness (QED) is 0.174. The molecule has 0 atom stereocenters. The molecular weight excluding hydrogens is 490 g/mol. The second-order valence-corrected chi connectivity index (χ2v) is 12.0. The maximum Gasteiger partial charge on any atom is 0.303 e. The summed E-state index contributed by atoms with van der Waals surface area (Å²) >= 11 is 0. The minimum Gasteiger partial charge on any atom is -0.481 e. The summed E-state index contributed by atoms with van der Waals surface area (Å²) < 4.78 is 0. The minimum absolute atomic E-state index is 0.276. The summed E-state index contributed by atoms with van der Waals surface area (Å²) in [6.45, 7) is 2.27. The van der Waals surface area contributed by atoms with Crippen molar-refractivity contribution in [3.63, 3.8) is 0 Å². The molecule has 1 aromatic heterocycles. The minimum atomic E-state index is -0.678. The van der Waals surface area contributed by atoms with E-state index in [4.69, 9.17) is 10.1 Å². The Kier molecular flexibility index (Phi) is 11.8. The summed E-state index contributed by atoms with van der Waals surface area (Å²) in [7, 11) is 0. The van der Waals surface area contributed by atoms with Gasteiger partial charge in [0.2, 0.25) is 0 Å². The summed E-state index contributed by atoms with van der Waals surface area (Å²) in [5.41, 5.74) is 7.77. The molecule has 1 aliphatic rings. The van der Waals surface area contributed by atoms with Crippen molar-refractivity contribution < 1.29 is 9.90 Å². The molecule has 1 saturated carbocycles. The molecule has 0 spiro atoms. The third-order valence-electron chi connectivity index (χ3n) is 9.01. The molecule has 1 N–H and O–H groups in total. The zero-order valence-corrected chi connectivity index (χ0v) is 24.7. The van der Waals surface area contributed by atoms with Gasteiger partial charge in [0.15, 0.2) is 0 Å². The van der Waals surface area contributed by atoms with Crippen molar-refractivity contribution in [3.05, 3.63) is 78.0 Å². The number of benzene rings is 2. The van der Waals surface area contributed by atoms with Gasteiger partial charge in [0.05, 0.1) is 5.69 Å². The third-order valence-corrected chi connectivity index (χ3v) is 9.01. The summed E-state index contributed by atoms with van der Waals surface area (Å²) in [5.74, 6) is -0.678. The van der Waals surface area contributed by atoms with Crippen LogP contribution in [0.2, 0.25) is 0 Å². The van der Waals surface area contributed by atoms with Gasteiger partial charge < -0.3 is 5.11 Å². The van der Waals surface area contributed by atoms with Crippen LogP contribution in [0.1, 0.15) is 121 Å². The molecule has 0 aliphatic heterocycles. The van der Waals surface area contributed by atoms with Crippen LogP contribution in [0, 0.1) is 0 Å². The SMILES string of the molecule is CCCCCCCCCc1ccc(-c2ccc(-c3ccc(C4(CCCCCC(=O)O)CCCC4)cc3)cc2)nc1. The molecule has 3 nitrogen and oxygen atoms in total. The Morgan fingerprint density at radius 3 is 1.95 bits per heavy atom. The van der Waals surface area contributed by atoms with E-state index in [1.165, 1.54) is 99.3 Å². The molecular formula is C37H49NO2. The highest BCUT2D eigenvalue weighted by Crippen LogP contribution is 2.45. The number of aromatic nitrogens is 1. The molecule has 0 amide bonds. The Morgan fingerprint density at radius 1 is 0.725 bits per heavy atom. The lowest BCUT2D eigenvalue weighted by atomic mass is 9.74. The first-order valence-corrected chi connectivity index (χ1v) is 16.0. The van der Waals surface area contributed by atoms with Gasteiger partial charge in [0, 0.05) is 18.2 Å². The summed E-state index contributed by atoms with van der Waals surface area (Å²) in [6.07, 6.45) is 22.1. The van der Waals surface area contributed by atoms with Gasteiger partial charge in [-0.2, -0.15) is 0 Å². The second kappa shape index (κ2) is 15.7.